The molecule has 0 radical (unpaired) electrons. The third-order valence-corrected chi connectivity index (χ3v) is 4.32. The van der Waals surface area contributed by atoms with Crippen molar-refractivity contribution in [2.75, 3.05) is 13.6 Å². The van der Waals surface area contributed by atoms with E-state index in [0.717, 1.165) is 4.91 Å². The van der Waals surface area contributed by atoms with Crippen molar-refractivity contribution < 1.29 is 19.5 Å². The van der Waals surface area contributed by atoms with Gasteiger partial charge in [0.1, 0.15) is 5.70 Å². The molecule has 3 amide bonds. The minimum Gasteiger partial charge on any atom is -0.477 e. The smallest absolute Gasteiger partial charge is 0.353 e. The van der Waals surface area contributed by atoms with E-state index in [1.807, 2.05) is 0 Å². The van der Waals surface area contributed by atoms with Gasteiger partial charge < -0.3 is 15.7 Å². The van der Waals surface area contributed by atoms with E-state index < -0.39 is 5.97 Å². The Hall–Kier alpha value is -1.70. The number of carboxylic acid groups (broad SMARTS) is 1. The molecule has 0 bridgehead atoms. The van der Waals surface area contributed by atoms with E-state index in [0.29, 0.717) is 25.8 Å². The standard InChI is InChI=1S/C11H15N3O4S/c1-12-11(18)13-4-2-3-6-9(10(16)17)14-7(15)5-8(14)19-6/h8H,2-5H2,1H3,(H,16,17)(H2,12,13,18)/t8-/m0/s1. The third-order valence-electron chi connectivity index (χ3n) is 2.99. The molecule has 0 unspecified atom stereocenters. The van der Waals surface area contributed by atoms with E-state index in [4.69, 9.17) is 5.11 Å². The van der Waals surface area contributed by atoms with E-state index in [1.165, 1.54) is 23.7 Å². The predicted molar refractivity (Wildman–Crippen MR) is 69.2 cm³/mol. The second-order valence-corrected chi connectivity index (χ2v) is 5.50. The van der Waals surface area contributed by atoms with Crippen LogP contribution in [0.1, 0.15) is 19.3 Å². The highest BCUT2D eigenvalue weighted by atomic mass is 32.2. The fourth-order valence-electron chi connectivity index (χ4n) is 2.04. The molecular formula is C11H15N3O4S. The molecular weight excluding hydrogens is 270 g/mol. The van der Waals surface area contributed by atoms with Crippen molar-refractivity contribution in [1.29, 1.82) is 0 Å². The number of urea groups is 1. The minimum absolute atomic E-state index is 0.0412. The van der Waals surface area contributed by atoms with Crippen LogP contribution in [0.4, 0.5) is 4.79 Å². The normalized spacial score (nSPS) is 21.0. The third kappa shape index (κ3) is 2.67. The van der Waals surface area contributed by atoms with Crippen LogP contribution in [-0.2, 0) is 9.59 Å². The first-order valence-corrected chi connectivity index (χ1v) is 6.83. The molecule has 2 heterocycles. The van der Waals surface area contributed by atoms with E-state index in [-0.39, 0.29) is 23.0 Å². The van der Waals surface area contributed by atoms with Gasteiger partial charge >= 0.3 is 12.0 Å². The number of thioether (sulfide) groups is 1. The van der Waals surface area contributed by atoms with Crippen LogP contribution >= 0.6 is 11.8 Å². The van der Waals surface area contributed by atoms with Crippen LogP contribution in [0, 0.1) is 0 Å². The Kier molecular flexibility index (Phi) is 3.98. The van der Waals surface area contributed by atoms with Crippen molar-refractivity contribution in [1.82, 2.24) is 15.5 Å². The summed E-state index contributed by atoms with van der Waals surface area (Å²) >= 11 is 1.44. The molecule has 2 aliphatic rings. The first-order chi connectivity index (χ1) is 9.04. The Balaban J connectivity index is 1.90. The quantitative estimate of drug-likeness (QED) is 0.498. The summed E-state index contributed by atoms with van der Waals surface area (Å²) in [6.07, 6.45) is 1.60. The van der Waals surface area contributed by atoms with Crippen LogP contribution < -0.4 is 10.6 Å². The molecule has 1 atom stereocenters. The van der Waals surface area contributed by atoms with Crippen molar-refractivity contribution in [2.45, 2.75) is 24.6 Å². The largest absolute Gasteiger partial charge is 0.477 e. The van der Waals surface area contributed by atoms with Crippen molar-refractivity contribution in [3.05, 3.63) is 10.6 Å². The molecule has 0 aromatic heterocycles. The SMILES string of the molecule is CNC(=O)NCCCC1=C(C(=O)O)N2C(=O)C[C@@H]2S1. The zero-order chi connectivity index (χ0) is 14.0. The number of nitrogens with zero attached hydrogens (tertiary/aromatic N) is 1. The topological polar surface area (TPSA) is 98.7 Å². The lowest BCUT2D eigenvalue weighted by Crippen LogP contribution is -2.48. The van der Waals surface area contributed by atoms with Crippen LogP contribution in [0.2, 0.25) is 0 Å². The summed E-state index contributed by atoms with van der Waals surface area (Å²) in [4.78, 5) is 35.6. The second-order valence-electron chi connectivity index (χ2n) is 4.23. The maximum atomic E-state index is 11.4. The Morgan fingerprint density at radius 3 is 2.84 bits per heavy atom. The number of nitrogens with one attached hydrogen (secondary N) is 2. The monoisotopic (exact) mass is 285 g/mol. The number of rotatable bonds is 5. The van der Waals surface area contributed by atoms with E-state index in [9.17, 15) is 14.4 Å². The summed E-state index contributed by atoms with van der Waals surface area (Å²) in [5.74, 6) is -1.19. The van der Waals surface area contributed by atoms with Crippen LogP contribution in [-0.4, -0.2) is 46.9 Å². The van der Waals surface area contributed by atoms with Gasteiger partial charge in [-0.1, -0.05) is 0 Å². The number of carboxylic acids is 1. The number of carbonyl (C=O) groups excluding carboxylic acids is 2. The molecule has 19 heavy (non-hydrogen) atoms. The van der Waals surface area contributed by atoms with Crippen molar-refractivity contribution in [3.63, 3.8) is 0 Å². The van der Waals surface area contributed by atoms with Gasteiger partial charge in [0.15, 0.2) is 0 Å². The molecule has 7 nitrogen and oxygen atoms in total. The maximum absolute atomic E-state index is 11.4. The molecule has 1 fully saturated rings. The number of hydrogen-bond donors (Lipinski definition) is 3. The van der Waals surface area contributed by atoms with Crippen molar-refractivity contribution >= 4 is 29.7 Å². The van der Waals surface area contributed by atoms with Gasteiger partial charge in [-0.25, -0.2) is 9.59 Å². The minimum atomic E-state index is -1.06. The molecule has 0 aromatic carbocycles. The van der Waals surface area contributed by atoms with Gasteiger partial charge in [-0.2, -0.15) is 0 Å². The number of carbonyl (C=O) groups is 3. The molecule has 0 saturated carbocycles. The second kappa shape index (κ2) is 5.52. The van der Waals surface area contributed by atoms with Crippen molar-refractivity contribution in [2.24, 2.45) is 0 Å². The zero-order valence-corrected chi connectivity index (χ0v) is 11.2. The van der Waals surface area contributed by atoms with Crippen LogP contribution in [0.5, 0.6) is 0 Å². The highest BCUT2D eigenvalue weighted by molar-refractivity contribution is 8.04. The number of allylic oxidation sites excluding steroid dienone is 1. The predicted octanol–water partition coefficient (Wildman–Crippen LogP) is 0.297. The number of aliphatic carboxylic acids is 1. The summed E-state index contributed by atoms with van der Waals surface area (Å²) in [5, 5.41) is 14.2. The lowest BCUT2D eigenvalue weighted by molar-refractivity contribution is -0.145. The Morgan fingerprint density at radius 2 is 2.26 bits per heavy atom. The Labute approximate surface area is 114 Å². The van der Waals surface area contributed by atoms with Gasteiger partial charge in [-0.15, -0.1) is 11.8 Å². The van der Waals surface area contributed by atoms with Gasteiger partial charge in [0, 0.05) is 18.5 Å². The summed E-state index contributed by atoms with van der Waals surface area (Å²) in [7, 11) is 1.53. The van der Waals surface area contributed by atoms with Gasteiger partial charge in [-0.3, -0.25) is 9.69 Å². The van der Waals surface area contributed by atoms with E-state index in [1.54, 1.807) is 0 Å². The van der Waals surface area contributed by atoms with Gasteiger partial charge in [-0.05, 0) is 12.8 Å². The van der Waals surface area contributed by atoms with E-state index >= 15 is 0 Å². The average Bonchev–Trinajstić information content (AvgIpc) is 2.67. The molecule has 8 heteroatoms. The lowest BCUT2D eigenvalue weighted by atomic mass is 10.1. The maximum Gasteiger partial charge on any atom is 0.353 e. The number of amides is 3. The zero-order valence-electron chi connectivity index (χ0n) is 10.4. The summed E-state index contributed by atoms with van der Waals surface area (Å²) < 4.78 is 0. The van der Waals surface area contributed by atoms with Gasteiger partial charge in [0.05, 0.1) is 11.8 Å². The molecule has 2 aliphatic heterocycles. The first-order valence-electron chi connectivity index (χ1n) is 5.95. The number of hydrogen-bond acceptors (Lipinski definition) is 4. The average molecular weight is 285 g/mol. The number of β-lactam (4-membered cyclic amide) rings is 1. The first kappa shape index (κ1) is 13.7. The fraction of sp³-hybridized carbons (Fsp3) is 0.545. The highest BCUT2D eigenvalue weighted by Crippen LogP contribution is 2.47. The molecule has 0 spiro atoms. The van der Waals surface area contributed by atoms with Crippen LogP contribution in [0.15, 0.2) is 10.6 Å². The Morgan fingerprint density at radius 1 is 1.53 bits per heavy atom. The summed E-state index contributed by atoms with van der Waals surface area (Å²) in [5.41, 5.74) is 0.117. The van der Waals surface area contributed by atoms with Gasteiger partial charge in [0.2, 0.25) is 5.91 Å². The van der Waals surface area contributed by atoms with Crippen LogP contribution in [0.3, 0.4) is 0 Å². The summed E-state index contributed by atoms with van der Waals surface area (Å²) in [6, 6.07) is -0.259. The number of fused-ring (bicyclic) bond motifs is 1. The molecule has 104 valence electrons. The Bertz CT molecular complexity index is 463. The molecule has 2 rings (SSSR count). The highest BCUT2D eigenvalue weighted by Gasteiger charge is 2.47. The molecule has 0 aliphatic carbocycles. The van der Waals surface area contributed by atoms with Crippen LogP contribution in [0.25, 0.3) is 0 Å². The molecule has 0 aromatic rings. The fourth-order valence-corrected chi connectivity index (χ4v) is 3.49. The lowest BCUT2D eigenvalue weighted by Gasteiger charge is -2.33. The van der Waals surface area contributed by atoms with Gasteiger partial charge in [0.25, 0.3) is 0 Å². The molecule has 1 saturated heterocycles. The summed E-state index contributed by atoms with van der Waals surface area (Å²) in [6.45, 7) is 0.468. The van der Waals surface area contributed by atoms with E-state index in [2.05, 4.69) is 10.6 Å². The van der Waals surface area contributed by atoms with Crippen molar-refractivity contribution in [3.8, 4) is 0 Å². The molecule has 3 N–H and O–H groups in total.